The molecule has 0 saturated carbocycles. The molecule has 0 amide bonds. The van der Waals surface area contributed by atoms with E-state index in [1.165, 1.54) is 87.8 Å². The average molecular weight is 575 g/mol. The van der Waals surface area contributed by atoms with Crippen LogP contribution in [0.3, 0.4) is 0 Å². The average Bonchev–Trinajstić information content (AvgIpc) is 3.43. The minimum absolute atomic E-state index is 0.112. The van der Waals surface area contributed by atoms with Crippen LogP contribution < -0.4 is 16.2 Å². The number of fused-ring (bicyclic) bond motifs is 5. The first kappa shape index (κ1) is 25.1. The van der Waals surface area contributed by atoms with Crippen molar-refractivity contribution in [1.82, 2.24) is 4.57 Å². The minimum atomic E-state index is -0.112. The molecule has 1 N–H and O–H groups in total. The lowest BCUT2D eigenvalue weighted by Crippen LogP contribution is -2.41. The molecule has 2 aliphatic rings. The molecule has 8 aromatic rings. The Balaban J connectivity index is 1.43. The summed E-state index contributed by atoms with van der Waals surface area (Å²) in [6.07, 6.45) is 0. The Morgan fingerprint density at radius 3 is 2.20 bits per heavy atom. The van der Waals surface area contributed by atoms with Crippen molar-refractivity contribution < 1.29 is 0 Å². The van der Waals surface area contributed by atoms with Gasteiger partial charge in [-0.1, -0.05) is 122 Å². The maximum absolute atomic E-state index is 3.79. The number of rotatable bonds is 3. The van der Waals surface area contributed by atoms with E-state index in [0.29, 0.717) is 0 Å². The van der Waals surface area contributed by atoms with Gasteiger partial charge in [0.2, 0.25) is 0 Å². The van der Waals surface area contributed by atoms with Crippen LogP contribution in [-0.4, -0.2) is 11.8 Å². The Hall–Kier alpha value is -5.28. The normalized spacial score (nSPS) is 14.0. The topological polar surface area (TPSA) is 17.0 Å². The number of aromatic nitrogens is 1. The van der Waals surface area contributed by atoms with Gasteiger partial charge in [0, 0.05) is 44.3 Å². The summed E-state index contributed by atoms with van der Waals surface area (Å²) in [6.45, 7) is 6.97. The van der Waals surface area contributed by atoms with Crippen molar-refractivity contribution in [3.63, 3.8) is 0 Å². The molecule has 7 aromatic carbocycles. The van der Waals surface area contributed by atoms with Crippen LogP contribution in [0.5, 0.6) is 0 Å². The van der Waals surface area contributed by atoms with Crippen molar-refractivity contribution in [2.45, 2.75) is 26.2 Å². The quantitative estimate of drug-likeness (QED) is 0.208. The Kier molecular flexibility index (Phi) is 4.83. The number of anilines is 2. The maximum atomic E-state index is 3.79. The predicted molar refractivity (Wildman–Crippen MR) is 194 cm³/mol. The van der Waals surface area contributed by atoms with Crippen LogP contribution >= 0.6 is 0 Å². The first-order valence-electron chi connectivity index (χ1n) is 16.0. The van der Waals surface area contributed by atoms with E-state index in [2.05, 4.69) is 152 Å². The van der Waals surface area contributed by atoms with Crippen LogP contribution in [-0.2, 0) is 5.41 Å². The monoisotopic (exact) mass is 574 g/mol. The SMILES string of the molecule is Cc1ccc(Nc2ccccc2-c2c3c4c(c5ccccc25)c2c5ccccc5cc5c2n4-c2c(cccc2C5(C)C)B3)cc1. The highest BCUT2D eigenvalue weighted by molar-refractivity contribution is 6.74. The van der Waals surface area contributed by atoms with E-state index in [4.69, 9.17) is 0 Å². The number of hydrogen-bond acceptors (Lipinski definition) is 1. The van der Waals surface area contributed by atoms with Gasteiger partial charge < -0.3 is 9.88 Å². The molecule has 45 heavy (non-hydrogen) atoms. The molecule has 3 heteroatoms. The molecule has 0 fully saturated rings. The van der Waals surface area contributed by atoms with Gasteiger partial charge in [0.25, 0.3) is 0 Å². The highest BCUT2D eigenvalue weighted by Gasteiger charge is 2.40. The standard InChI is InChI=1S/C42H31BN2/c1-24-19-21-26(22-20-24)44-34-18-9-8-15-30(34)35-28-13-6-7-14-29(28)37-36-27-12-5-4-11-25(27)23-32-40(36)45-39-31(42(32,2)3)16-10-17-33(39)43-38(35)41(37)45/h4-23,43-44H,1-3H3. The van der Waals surface area contributed by atoms with E-state index in [-0.39, 0.29) is 5.41 Å². The van der Waals surface area contributed by atoms with E-state index in [0.717, 1.165) is 18.7 Å². The zero-order chi connectivity index (χ0) is 30.0. The zero-order valence-corrected chi connectivity index (χ0v) is 25.7. The summed E-state index contributed by atoms with van der Waals surface area (Å²) < 4.78 is 2.66. The molecule has 10 rings (SSSR count). The van der Waals surface area contributed by atoms with Gasteiger partial charge in [-0.3, -0.25) is 0 Å². The van der Waals surface area contributed by atoms with Crippen LogP contribution in [0.2, 0.25) is 0 Å². The molecule has 0 radical (unpaired) electrons. The number of aryl methyl sites for hydroxylation is 1. The molecule has 0 aliphatic carbocycles. The second-order valence-corrected chi connectivity index (χ2v) is 13.5. The number of nitrogens with zero attached hydrogens (tertiary/aromatic N) is 1. The Labute approximate surface area is 263 Å². The van der Waals surface area contributed by atoms with Crippen molar-refractivity contribution >= 4 is 72.9 Å². The lowest BCUT2D eigenvalue weighted by Gasteiger charge is -2.38. The van der Waals surface area contributed by atoms with Crippen LogP contribution in [0.15, 0.2) is 121 Å². The van der Waals surface area contributed by atoms with E-state index in [9.17, 15) is 0 Å². The highest BCUT2D eigenvalue weighted by atomic mass is 15.0. The van der Waals surface area contributed by atoms with Crippen LogP contribution in [0.1, 0.15) is 30.5 Å². The second-order valence-electron chi connectivity index (χ2n) is 13.5. The molecule has 1 aromatic heterocycles. The number of hydrogen-bond donors (Lipinski definition) is 1. The molecule has 0 spiro atoms. The van der Waals surface area contributed by atoms with E-state index >= 15 is 0 Å². The van der Waals surface area contributed by atoms with Crippen LogP contribution in [0.25, 0.3) is 60.2 Å². The van der Waals surface area contributed by atoms with Crippen molar-refractivity contribution in [2.75, 3.05) is 5.32 Å². The predicted octanol–water partition coefficient (Wildman–Crippen LogP) is 9.15. The fourth-order valence-corrected chi connectivity index (χ4v) is 8.53. The maximum Gasteiger partial charge on any atom is 0.198 e. The van der Waals surface area contributed by atoms with E-state index < -0.39 is 0 Å². The summed E-state index contributed by atoms with van der Waals surface area (Å²) in [5.74, 6) is 0. The molecule has 0 atom stereocenters. The van der Waals surface area contributed by atoms with Crippen molar-refractivity contribution in [2.24, 2.45) is 0 Å². The van der Waals surface area contributed by atoms with Crippen molar-refractivity contribution in [3.8, 4) is 16.8 Å². The van der Waals surface area contributed by atoms with Gasteiger partial charge in [-0.25, -0.2) is 0 Å². The van der Waals surface area contributed by atoms with Gasteiger partial charge >= 0.3 is 0 Å². The Bertz CT molecular complexity index is 2570. The third-order valence-corrected chi connectivity index (χ3v) is 10.6. The minimum Gasteiger partial charge on any atom is -0.355 e. The molecule has 0 bridgehead atoms. The Morgan fingerprint density at radius 1 is 0.644 bits per heavy atom. The van der Waals surface area contributed by atoms with Crippen LogP contribution in [0, 0.1) is 6.92 Å². The van der Waals surface area contributed by atoms with E-state index in [1.54, 1.807) is 0 Å². The van der Waals surface area contributed by atoms with Gasteiger partial charge in [-0.05, 0) is 74.9 Å². The lowest BCUT2D eigenvalue weighted by molar-refractivity contribution is 0.632. The van der Waals surface area contributed by atoms with Gasteiger partial charge in [0.1, 0.15) is 0 Å². The smallest absolute Gasteiger partial charge is 0.198 e. The van der Waals surface area contributed by atoms with Gasteiger partial charge in [-0.15, -0.1) is 0 Å². The summed E-state index contributed by atoms with van der Waals surface area (Å²) in [4.78, 5) is 0. The van der Waals surface area contributed by atoms with Gasteiger partial charge in [0.15, 0.2) is 7.28 Å². The number of benzene rings is 7. The third-order valence-electron chi connectivity index (χ3n) is 10.6. The molecule has 0 unspecified atom stereocenters. The summed E-state index contributed by atoms with van der Waals surface area (Å²) in [5.41, 5.74) is 15.8. The first-order chi connectivity index (χ1) is 22.0. The van der Waals surface area contributed by atoms with Gasteiger partial charge in [-0.2, -0.15) is 0 Å². The van der Waals surface area contributed by atoms with Gasteiger partial charge in [0.05, 0.1) is 5.52 Å². The molecule has 212 valence electrons. The molecule has 2 aliphatic heterocycles. The molecule has 2 nitrogen and oxygen atoms in total. The molecular formula is C42H31BN2. The first-order valence-corrected chi connectivity index (χ1v) is 16.0. The summed E-state index contributed by atoms with van der Waals surface area (Å²) >= 11 is 0. The van der Waals surface area contributed by atoms with Crippen LogP contribution in [0.4, 0.5) is 11.4 Å². The zero-order valence-electron chi connectivity index (χ0n) is 25.7. The lowest BCUT2D eigenvalue weighted by atomic mass is 9.57. The van der Waals surface area contributed by atoms with E-state index in [1.807, 2.05) is 0 Å². The summed E-state index contributed by atoms with van der Waals surface area (Å²) in [6, 6.07) is 45.1. The largest absolute Gasteiger partial charge is 0.355 e. The third kappa shape index (κ3) is 3.20. The summed E-state index contributed by atoms with van der Waals surface area (Å²) in [5, 5.41) is 11.9. The summed E-state index contributed by atoms with van der Waals surface area (Å²) in [7, 11) is 0.901. The highest BCUT2D eigenvalue weighted by Crippen LogP contribution is 2.52. The second kappa shape index (κ2) is 8.67. The van der Waals surface area contributed by atoms with Crippen molar-refractivity contribution in [1.29, 1.82) is 0 Å². The fraction of sp³-hybridized carbons (Fsp3) is 0.0952. The Morgan fingerprint density at radius 2 is 1.36 bits per heavy atom. The molecule has 0 saturated heterocycles. The van der Waals surface area contributed by atoms with Crippen molar-refractivity contribution in [3.05, 3.63) is 138 Å². The number of para-hydroxylation sites is 2. The molecular weight excluding hydrogens is 543 g/mol. The fourth-order valence-electron chi connectivity index (χ4n) is 8.53. The molecule has 3 heterocycles. The number of nitrogens with one attached hydrogen (secondary N) is 1.